The summed E-state index contributed by atoms with van der Waals surface area (Å²) in [7, 11) is 0. The van der Waals surface area contributed by atoms with E-state index in [4.69, 9.17) is 4.74 Å². The van der Waals surface area contributed by atoms with Crippen LogP contribution in [0, 0.1) is 0 Å². The van der Waals surface area contributed by atoms with Crippen molar-refractivity contribution in [2.75, 3.05) is 18.4 Å². The number of benzene rings is 1. The molecular weight excluding hydrogens is 310 g/mol. The van der Waals surface area contributed by atoms with Crippen LogP contribution in [-0.2, 0) is 4.74 Å². The third-order valence-corrected chi connectivity index (χ3v) is 3.63. The van der Waals surface area contributed by atoms with Gasteiger partial charge in [-0.3, -0.25) is 0 Å². The van der Waals surface area contributed by atoms with E-state index in [0.717, 1.165) is 0 Å². The fourth-order valence-corrected chi connectivity index (χ4v) is 2.46. The number of ether oxygens (including phenoxy) is 1. The summed E-state index contributed by atoms with van der Waals surface area (Å²) < 4.78 is 5.35. The van der Waals surface area contributed by atoms with Crippen LogP contribution in [0.25, 0.3) is 0 Å². The van der Waals surface area contributed by atoms with Crippen molar-refractivity contribution >= 4 is 17.8 Å². The Kier molecular flexibility index (Phi) is 5.54. The highest BCUT2D eigenvalue weighted by atomic mass is 16.6. The molecule has 0 unspecified atom stereocenters. The molecule has 1 aliphatic heterocycles. The lowest BCUT2D eigenvalue weighted by molar-refractivity contribution is 0.0202. The van der Waals surface area contributed by atoms with Crippen LogP contribution in [0.1, 0.15) is 33.6 Å². The topological polar surface area (TPSA) is 90.9 Å². The third-order valence-electron chi connectivity index (χ3n) is 3.63. The van der Waals surface area contributed by atoms with Crippen molar-refractivity contribution in [1.29, 1.82) is 0 Å². The molecule has 0 spiro atoms. The van der Waals surface area contributed by atoms with E-state index in [1.165, 1.54) is 6.07 Å². The van der Waals surface area contributed by atoms with E-state index in [2.05, 4.69) is 10.6 Å². The predicted molar refractivity (Wildman–Crippen MR) is 91.1 cm³/mol. The van der Waals surface area contributed by atoms with Crippen molar-refractivity contribution in [2.24, 2.45) is 0 Å². The molecule has 0 bridgehead atoms. The van der Waals surface area contributed by atoms with Crippen molar-refractivity contribution in [2.45, 2.75) is 45.3 Å². The molecule has 132 valence electrons. The normalized spacial score (nSPS) is 15.7. The molecule has 1 aromatic carbocycles. The molecule has 3 amide bonds. The summed E-state index contributed by atoms with van der Waals surface area (Å²) in [6.07, 6.45) is 1.00. The summed E-state index contributed by atoms with van der Waals surface area (Å²) in [5.41, 5.74) is -0.148. The number of para-hydroxylation sites is 2. The molecule has 0 atom stereocenters. The van der Waals surface area contributed by atoms with Crippen molar-refractivity contribution in [3.63, 3.8) is 0 Å². The number of piperidine rings is 1. The lowest BCUT2D eigenvalue weighted by Gasteiger charge is -2.33. The molecule has 1 fully saturated rings. The number of phenolic OH excluding ortho intramolecular Hbond substituents is 1. The zero-order valence-corrected chi connectivity index (χ0v) is 14.3. The second-order valence-corrected chi connectivity index (χ2v) is 6.86. The monoisotopic (exact) mass is 335 g/mol. The first-order chi connectivity index (χ1) is 11.2. The first-order valence-electron chi connectivity index (χ1n) is 8.08. The third kappa shape index (κ3) is 5.33. The van der Waals surface area contributed by atoms with Crippen LogP contribution in [0.3, 0.4) is 0 Å². The van der Waals surface area contributed by atoms with Crippen molar-refractivity contribution in [1.82, 2.24) is 10.2 Å². The summed E-state index contributed by atoms with van der Waals surface area (Å²) in [5.74, 6) is 0.0207. The Labute approximate surface area is 142 Å². The van der Waals surface area contributed by atoms with Crippen LogP contribution in [0.2, 0.25) is 0 Å². The molecule has 7 nitrogen and oxygen atoms in total. The van der Waals surface area contributed by atoms with E-state index in [1.807, 2.05) is 20.8 Å². The fourth-order valence-electron chi connectivity index (χ4n) is 2.46. The number of hydrogen-bond donors (Lipinski definition) is 3. The van der Waals surface area contributed by atoms with Gasteiger partial charge in [0.25, 0.3) is 0 Å². The smallest absolute Gasteiger partial charge is 0.410 e. The quantitative estimate of drug-likeness (QED) is 0.725. The summed E-state index contributed by atoms with van der Waals surface area (Å²) in [5, 5.41) is 15.1. The van der Waals surface area contributed by atoms with Crippen molar-refractivity contribution in [3.8, 4) is 5.75 Å². The number of aromatic hydroxyl groups is 1. The van der Waals surface area contributed by atoms with E-state index in [-0.39, 0.29) is 23.9 Å². The number of hydrogen-bond acceptors (Lipinski definition) is 4. The van der Waals surface area contributed by atoms with Crippen molar-refractivity contribution < 1.29 is 19.4 Å². The van der Waals surface area contributed by atoms with Crippen LogP contribution in [0.15, 0.2) is 24.3 Å². The number of nitrogens with one attached hydrogen (secondary N) is 2. The average molecular weight is 335 g/mol. The van der Waals surface area contributed by atoms with Gasteiger partial charge in [-0.25, -0.2) is 9.59 Å². The molecule has 1 heterocycles. The number of amides is 3. The van der Waals surface area contributed by atoms with Gasteiger partial charge in [-0.15, -0.1) is 0 Å². The summed E-state index contributed by atoms with van der Waals surface area (Å²) in [6.45, 7) is 6.58. The number of rotatable bonds is 2. The maximum Gasteiger partial charge on any atom is 0.410 e. The maximum atomic E-state index is 12.0. The second-order valence-electron chi connectivity index (χ2n) is 6.86. The van der Waals surface area contributed by atoms with E-state index in [9.17, 15) is 14.7 Å². The average Bonchev–Trinajstić information content (AvgIpc) is 2.48. The second kappa shape index (κ2) is 7.42. The summed E-state index contributed by atoms with van der Waals surface area (Å²) >= 11 is 0. The number of carbonyl (C=O) groups excluding carboxylic acids is 2. The molecule has 1 aromatic rings. The van der Waals surface area contributed by atoms with Gasteiger partial charge < -0.3 is 25.4 Å². The maximum absolute atomic E-state index is 12.0. The number of carbonyl (C=O) groups is 2. The number of phenols is 1. The van der Waals surface area contributed by atoms with E-state index in [0.29, 0.717) is 31.6 Å². The molecule has 0 aromatic heterocycles. The SMILES string of the molecule is CC(C)(C)OC(=O)N1CCC(NC(=O)Nc2ccccc2O)CC1. The number of anilines is 1. The highest BCUT2D eigenvalue weighted by Gasteiger charge is 2.27. The van der Waals surface area contributed by atoms with E-state index in [1.54, 1.807) is 23.1 Å². The summed E-state index contributed by atoms with van der Waals surface area (Å²) in [4.78, 5) is 25.7. The first-order valence-corrected chi connectivity index (χ1v) is 8.08. The Hall–Kier alpha value is -2.44. The van der Waals surface area contributed by atoms with Gasteiger partial charge in [-0.1, -0.05) is 12.1 Å². The largest absolute Gasteiger partial charge is 0.506 e. The Morgan fingerprint density at radius 2 is 1.83 bits per heavy atom. The van der Waals surface area contributed by atoms with Gasteiger partial charge in [0, 0.05) is 19.1 Å². The number of likely N-dealkylation sites (tertiary alicyclic amines) is 1. The Bertz CT molecular complexity index is 590. The molecule has 3 N–H and O–H groups in total. The van der Waals surface area contributed by atoms with E-state index < -0.39 is 5.60 Å². The van der Waals surface area contributed by atoms with Crippen LogP contribution in [0.4, 0.5) is 15.3 Å². The highest BCUT2D eigenvalue weighted by molar-refractivity contribution is 5.91. The lowest BCUT2D eigenvalue weighted by Crippen LogP contribution is -2.48. The molecule has 7 heteroatoms. The zero-order valence-electron chi connectivity index (χ0n) is 14.3. The summed E-state index contributed by atoms with van der Waals surface area (Å²) in [6, 6.07) is 6.16. The van der Waals surface area contributed by atoms with Gasteiger partial charge in [0.1, 0.15) is 11.4 Å². The van der Waals surface area contributed by atoms with Gasteiger partial charge in [-0.05, 0) is 45.7 Å². The predicted octanol–water partition coefficient (Wildman–Crippen LogP) is 2.91. The van der Waals surface area contributed by atoms with Crippen LogP contribution in [0.5, 0.6) is 5.75 Å². The standard InChI is InChI=1S/C17H25N3O4/c1-17(2,3)24-16(23)20-10-8-12(9-11-20)18-15(22)19-13-6-4-5-7-14(13)21/h4-7,12,21H,8-11H2,1-3H3,(H2,18,19,22). The molecule has 0 saturated carbocycles. The zero-order chi connectivity index (χ0) is 17.7. The van der Waals surface area contributed by atoms with Gasteiger partial charge in [0.05, 0.1) is 5.69 Å². The number of urea groups is 1. The Morgan fingerprint density at radius 3 is 2.42 bits per heavy atom. The fraction of sp³-hybridized carbons (Fsp3) is 0.529. The molecule has 0 radical (unpaired) electrons. The van der Waals surface area contributed by atoms with Gasteiger partial charge >= 0.3 is 12.1 Å². The minimum atomic E-state index is -0.510. The Balaban J connectivity index is 1.77. The highest BCUT2D eigenvalue weighted by Crippen LogP contribution is 2.21. The molecule has 24 heavy (non-hydrogen) atoms. The Morgan fingerprint density at radius 1 is 1.21 bits per heavy atom. The molecule has 1 aliphatic rings. The lowest BCUT2D eigenvalue weighted by atomic mass is 10.1. The molecule has 1 saturated heterocycles. The van der Waals surface area contributed by atoms with Gasteiger partial charge in [-0.2, -0.15) is 0 Å². The minimum Gasteiger partial charge on any atom is -0.506 e. The van der Waals surface area contributed by atoms with Crippen molar-refractivity contribution in [3.05, 3.63) is 24.3 Å². The van der Waals surface area contributed by atoms with Crippen LogP contribution in [-0.4, -0.2) is 46.9 Å². The first kappa shape index (κ1) is 17.9. The van der Waals surface area contributed by atoms with Crippen LogP contribution >= 0.6 is 0 Å². The molecule has 2 rings (SSSR count). The van der Waals surface area contributed by atoms with E-state index >= 15 is 0 Å². The molecular formula is C17H25N3O4. The van der Waals surface area contributed by atoms with Crippen LogP contribution < -0.4 is 10.6 Å². The molecule has 0 aliphatic carbocycles. The van der Waals surface area contributed by atoms with Gasteiger partial charge in [0.2, 0.25) is 0 Å². The minimum absolute atomic E-state index is 0.0189. The van der Waals surface area contributed by atoms with Gasteiger partial charge in [0.15, 0.2) is 0 Å². The number of nitrogens with zero attached hydrogens (tertiary/aromatic N) is 1.